The highest BCUT2D eigenvalue weighted by molar-refractivity contribution is 6.51. The van der Waals surface area contributed by atoms with Gasteiger partial charge in [-0.3, -0.25) is 14.5 Å². The number of carbonyl (C=O) groups is 2. The number of aliphatic hydroxyl groups excluding tert-OH is 1. The number of rotatable bonds is 6. The molecular weight excluding hydrogens is 485 g/mol. The molecule has 0 aliphatic carbocycles. The van der Waals surface area contributed by atoms with E-state index in [9.17, 15) is 19.1 Å². The number of methoxy groups -OCH3 is 1. The fraction of sp³-hybridized carbons (Fsp3) is 0.290. The second-order valence-corrected chi connectivity index (χ2v) is 10.5. The van der Waals surface area contributed by atoms with Crippen LogP contribution in [-0.2, 0) is 15.0 Å². The summed E-state index contributed by atoms with van der Waals surface area (Å²) >= 11 is 0. The molecule has 0 aromatic heterocycles. The van der Waals surface area contributed by atoms with Crippen molar-refractivity contribution >= 4 is 23.1 Å². The summed E-state index contributed by atoms with van der Waals surface area (Å²) in [6.07, 6.45) is -0.0340. The van der Waals surface area contributed by atoms with E-state index in [2.05, 4.69) is 20.8 Å². The van der Waals surface area contributed by atoms with Gasteiger partial charge in [0.2, 0.25) is 0 Å². The molecule has 1 heterocycles. The Kier molecular flexibility index (Phi) is 7.31. The van der Waals surface area contributed by atoms with Crippen LogP contribution in [-0.4, -0.2) is 30.0 Å². The smallest absolute Gasteiger partial charge is 0.300 e. The van der Waals surface area contributed by atoms with E-state index in [1.165, 1.54) is 24.1 Å². The molecule has 0 radical (unpaired) electrons. The predicted octanol–water partition coefficient (Wildman–Crippen LogP) is 6.55. The number of amides is 1. The van der Waals surface area contributed by atoms with Crippen molar-refractivity contribution in [2.45, 2.75) is 52.2 Å². The van der Waals surface area contributed by atoms with Crippen molar-refractivity contribution in [3.8, 4) is 11.5 Å². The standard InChI is InChI=1S/C31H32FNO5/c1-18(2)38-23-14-7-19(8-15-23)27-26(28(34)24-17-21(32)11-16-25(24)37-6)29(35)30(36)33(27)22-12-9-20(10-13-22)31(3,4)5/h7-18,27,34H,1-6H3/b28-26+. The Morgan fingerprint density at radius 1 is 0.974 bits per heavy atom. The lowest BCUT2D eigenvalue weighted by molar-refractivity contribution is -0.132. The lowest BCUT2D eigenvalue weighted by Crippen LogP contribution is -2.29. The first kappa shape index (κ1) is 26.9. The van der Waals surface area contributed by atoms with Gasteiger partial charge in [0.1, 0.15) is 23.1 Å². The molecule has 4 rings (SSSR count). The molecule has 1 saturated heterocycles. The number of hydrogen-bond acceptors (Lipinski definition) is 5. The van der Waals surface area contributed by atoms with Crippen LogP contribution in [0.1, 0.15) is 57.4 Å². The van der Waals surface area contributed by atoms with Crippen molar-refractivity contribution in [2.75, 3.05) is 12.0 Å². The van der Waals surface area contributed by atoms with Crippen molar-refractivity contribution in [2.24, 2.45) is 0 Å². The van der Waals surface area contributed by atoms with Crippen LogP contribution in [0.25, 0.3) is 5.76 Å². The van der Waals surface area contributed by atoms with Gasteiger partial charge in [-0.1, -0.05) is 45.0 Å². The van der Waals surface area contributed by atoms with Gasteiger partial charge >= 0.3 is 0 Å². The molecule has 1 aliphatic rings. The van der Waals surface area contributed by atoms with Crippen molar-refractivity contribution in [3.05, 3.63) is 94.8 Å². The Hall–Kier alpha value is -4.13. The van der Waals surface area contributed by atoms with Gasteiger partial charge in [-0.2, -0.15) is 0 Å². The van der Waals surface area contributed by atoms with Crippen LogP contribution in [0.15, 0.2) is 72.3 Å². The predicted molar refractivity (Wildman–Crippen MR) is 145 cm³/mol. The number of nitrogens with zero attached hydrogens (tertiary/aromatic N) is 1. The second-order valence-electron chi connectivity index (χ2n) is 10.5. The van der Waals surface area contributed by atoms with E-state index in [1.807, 2.05) is 26.0 Å². The summed E-state index contributed by atoms with van der Waals surface area (Å²) in [5, 5.41) is 11.4. The monoisotopic (exact) mass is 517 g/mol. The fourth-order valence-corrected chi connectivity index (χ4v) is 4.55. The Labute approximate surface area is 222 Å². The van der Waals surface area contributed by atoms with Crippen LogP contribution in [0, 0.1) is 5.82 Å². The molecule has 6 nitrogen and oxygen atoms in total. The first-order valence-electron chi connectivity index (χ1n) is 12.4. The maximum absolute atomic E-state index is 14.2. The highest BCUT2D eigenvalue weighted by atomic mass is 19.1. The molecule has 1 N–H and O–H groups in total. The van der Waals surface area contributed by atoms with Gasteiger partial charge < -0.3 is 14.6 Å². The molecule has 1 fully saturated rings. The summed E-state index contributed by atoms with van der Waals surface area (Å²) in [5.74, 6) is -2.00. The van der Waals surface area contributed by atoms with E-state index in [-0.39, 0.29) is 28.4 Å². The number of halogens is 1. The summed E-state index contributed by atoms with van der Waals surface area (Å²) in [6.45, 7) is 10.1. The van der Waals surface area contributed by atoms with Crippen LogP contribution in [0.4, 0.5) is 10.1 Å². The number of ether oxygens (including phenoxy) is 2. The zero-order valence-electron chi connectivity index (χ0n) is 22.4. The maximum Gasteiger partial charge on any atom is 0.300 e. The minimum absolute atomic E-state index is 0.0154. The van der Waals surface area contributed by atoms with Gasteiger partial charge in [-0.05, 0) is 72.9 Å². The molecule has 7 heteroatoms. The lowest BCUT2D eigenvalue weighted by Gasteiger charge is -2.27. The van der Waals surface area contributed by atoms with E-state index in [0.717, 1.165) is 11.6 Å². The first-order chi connectivity index (χ1) is 17.9. The highest BCUT2D eigenvalue weighted by Gasteiger charge is 2.47. The minimum Gasteiger partial charge on any atom is -0.507 e. The van der Waals surface area contributed by atoms with Crippen LogP contribution in [0.5, 0.6) is 11.5 Å². The van der Waals surface area contributed by atoms with E-state index < -0.39 is 29.3 Å². The van der Waals surface area contributed by atoms with Gasteiger partial charge in [-0.25, -0.2) is 4.39 Å². The van der Waals surface area contributed by atoms with Crippen LogP contribution in [0.2, 0.25) is 0 Å². The summed E-state index contributed by atoms with van der Waals surface area (Å²) in [5.41, 5.74) is 1.87. The first-order valence-corrected chi connectivity index (χ1v) is 12.4. The number of aliphatic hydroxyl groups is 1. The largest absolute Gasteiger partial charge is 0.507 e. The van der Waals surface area contributed by atoms with Gasteiger partial charge in [-0.15, -0.1) is 0 Å². The molecule has 3 aromatic carbocycles. The summed E-state index contributed by atoms with van der Waals surface area (Å²) in [6, 6.07) is 17.1. The van der Waals surface area contributed by atoms with E-state index in [4.69, 9.17) is 9.47 Å². The Bertz CT molecular complexity index is 1390. The molecular formula is C31H32FNO5. The van der Waals surface area contributed by atoms with Crippen molar-refractivity contribution in [3.63, 3.8) is 0 Å². The number of hydrogen-bond donors (Lipinski definition) is 1. The topological polar surface area (TPSA) is 76.1 Å². The maximum atomic E-state index is 14.2. The third kappa shape index (κ3) is 5.14. The zero-order chi connectivity index (χ0) is 27.8. The van der Waals surface area contributed by atoms with Crippen LogP contribution >= 0.6 is 0 Å². The highest BCUT2D eigenvalue weighted by Crippen LogP contribution is 2.44. The quantitative estimate of drug-likeness (QED) is 0.228. The van der Waals surface area contributed by atoms with Gasteiger partial charge in [0, 0.05) is 5.69 Å². The Morgan fingerprint density at radius 3 is 2.16 bits per heavy atom. The third-order valence-corrected chi connectivity index (χ3v) is 6.44. The Morgan fingerprint density at radius 2 is 1.61 bits per heavy atom. The van der Waals surface area contributed by atoms with Crippen molar-refractivity contribution < 1.29 is 28.6 Å². The van der Waals surface area contributed by atoms with Gasteiger partial charge in [0.15, 0.2) is 0 Å². The zero-order valence-corrected chi connectivity index (χ0v) is 22.4. The summed E-state index contributed by atoms with van der Waals surface area (Å²) in [4.78, 5) is 28.3. The molecule has 1 aliphatic heterocycles. The number of Topliss-reactive ketones (excluding diaryl/α,β-unsaturated/α-hetero) is 1. The third-order valence-electron chi connectivity index (χ3n) is 6.44. The number of carbonyl (C=O) groups excluding carboxylic acids is 2. The summed E-state index contributed by atoms with van der Waals surface area (Å²) < 4.78 is 25.2. The molecule has 0 bridgehead atoms. The molecule has 1 amide bonds. The van der Waals surface area contributed by atoms with Crippen molar-refractivity contribution in [1.29, 1.82) is 0 Å². The second kappa shape index (κ2) is 10.3. The van der Waals surface area contributed by atoms with Crippen molar-refractivity contribution in [1.82, 2.24) is 0 Å². The van der Waals surface area contributed by atoms with Gasteiger partial charge in [0.25, 0.3) is 11.7 Å². The normalized spacial score (nSPS) is 17.3. The summed E-state index contributed by atoms with van der Waals surface area (Å²) in [7, 11) is 1.38. The van der Waals surface area contributed by atoms with E-state index in [0.29, 0.717) is 17.0 Å². The fourth-order valence-electron chi connectivity index (χ4n) is 4.55. The number of anilines is 1. The van der Waals surface area contributed by atoms with Gasteiger partial charge in [0.05, 0.1) is 30.4 Å². The van der Waals surface area contributed by atoms with Crippen LogP contribution < -0.4 is 14.4 Å². The average Bonchev–Trinajstić information content (AvgIpc) is 3.13. The van der Waals surface area contributed by atoms with E-state index in [1.54, 1.807) is 36.4 Å². The lowest BCUT2D eigenvalue weighted by atomic mass is 9.87. The molecule has 38 heavy (non-hydrogen) atoms. The molecule has 1 atom stereocenters. The SMILES string of the molecule is COc1ccc(F)cc1/C(O)=C1\C(=O)C(=O)N(c2ccc(C(C)(C)C)cc2)C1c1ccc(OC(C)C)cc1. The van der Waals surface area contributed by atoms with E-state index >= 15 is 0 Å². The number of benzene rings is 3. The van der Waals surface area contributed by atoms with Crippen LogP contribution in [0.3, 0.4) is 0 Å². The Balaban J connectivity index is 1.92. The molecule has 1 unspecified atom stereocenters. The number of ketones is 1. The molecule has 3 aromatic rings. The molecule has 198 valence electrons. The molecule has 0 saturated carbocycles. The minimum atomic E-state index is -0.962. The molecule has 0 spiro atoms. The average molecular weight is 518 g/mol.